The lowest BCUT2D eigenvalue weighted by Gasteiger charge is -2.03. The lowest BCUT2D eigenvalue weighted by Crippen LogP contribution is -1.87. The number of hydrogen-bond donors (Lipinski definition) is 1. The van der Waals surface area contributed by atoms with Gasteiger partial charge in [0.2, 0.25) is 0 Å². The summed E-state index contributed by atoms with van der Waals surface area (Å²) in [6.45, 7) is 0.0462. The summed E-state index contributed by atoms with van der Waals surface area (Å²) in [6.07, 6.45) is 0. The normalized spacial score (nSPS) is 9.73. The second kappa shape index (κ2) is 3.74. The van der Waals surface area contributed by atoms with Crippen LogP contribution >= 0.6 is 15.9 Å². The molecule has 0 bridgehead atoms. The van der Waals surface area contributed by atoms with Gasteiger partial charge >= 0.3 is 0 Å². The first-order chi connectivity index (χ1) is 5.27. The van der Waals surface area contributed by atoms with E-state index in [2.05, 4.69) is 15.9 Å². The van der Waals surface area contributed by atoms with Crippen molar-refractivity contribution in [2.75, 3.05) is 7.11 Å². The topological polar surface area (TPSA) is 29.5 Å². The molecule has 60 valence electrons. The molecule has 0 unspecified atom stereocenters. The van der Waals surface area contributed by atoms with Gasteiger partial charge in [0.25, 0.3) is 0 Å². The Balaban J connectivity index is 2.99. The molecule has 0 aliphatic carbocycles. The van der Waals surface area contributed by atoms with Crippen LogP contribution in [-0.4, -0.2) is 12.2 Å². The smallest absolute Gasteiger partial charge is 0.120 e. The summed E-state index contributed by atoms with van der Waals surface area (Å²) >= 11 is 3.31. The van der Waals surface area contributed by atoms with Gasteiger partial charge in [-0.2, -0.15) is 0 Å². The highest BCUT2D eigenvalue weighted by atomic mass is 79.9. The number of aliphatic hydroxyl groups excluding tert-OH is 1. The fourth-order valence-electron chi connectivity index (χ4n) is 0.783. The summed E-state index contributed by atoms with van der Waals surface area (Å²) in [5.41, 5.74) is 0.866. The van der Waals surface area contributed by atoms with Gasteiger partial charge in [0.1, 0.15) is 5.75 Å². The molecule has 1 N–H and O–H groups in total. The van der Waals surface area contributed by atoms with E-state index in [1.165, 1.54) is 0 Å². The molecule has 0 heterocycles. The number of halogens is 1. The molecule has 1 rings (SSSR count). The maximum atomic E-state index is 8.81. The minimum Gasteiger partial charge on any atom is -0.497 e. The molecule has 0 aliphatic rings. The SMILES string of the molecule is COc1ccc(CO)c(Br)c1. The van der Waals surface area contributed by atoms with Gasteiger partial charge in [-0.05, 0) is 17.7 Å². The number of hydrogen-bond acceptors (Lipinski definition) is 2. The largest absolute Gasteiger partial charge is 0.497 e. The Bertz CT molecular complexity index is 248. The lowest BCUT2D eigenvalue weighted by molar-refractivity contribution is 0.281. The summed E-state index contributed by atoms with van der Waals surface area (Å²) in [4.78, 5) is 0. The summed E-state index contributed by atoms with van der Waals surface area (Å²) in [7, 11) is 1.61. The monoisotopic (exact) mass is 216 g/mol. The van der Waals surface area contributed by atoms with Crippen molar-refractivity contribution < 1.29 is 9.84 Å². The minimum atomic E-state index is 0.0462. The Morgan fingerprint density at radius 1 is 1.55 bits per heavy atom. The zero-order valence-electron chi connectivity index (χ0n) is 6.17. The van der Waals surface area contributed by atoms with Crippen molar-refractivity contribution in [2.45, 2.75) is 6.61 Å². The maximum Gasteiger partial charge on any atom is 0.120 e. The molecule has 2 nitrogen and oxygen atoms in total. The number of benzene rings is 1. The fraction of sp³-hybridized carbons (Fsp3) is 0.250. The highest BCUT2D eigenvalue weighted by Gasteiger charge is 1.98. The van der Waals surface area contributed by atoms with Crippen LogP contribution in [-0.2, 0) is 6.61 Å². The highest BCUT2D eigenvalue weighted by Crippen LogP contribution is 2.22. The van der Waals surface area contributed by atoms with Crippen molar-refractivity contribution in [1.29, 1.82) is 0 Å². The van der Waals surface area contributed by atoms with Crippen molar-refractivity contribution in [3.05, 3.63) is 28.2 Å². The van der Waals surface area contributed by atoms with Crippen LogP contribution in [0.5, 0.6) is 5.75 Å². The molecule has 0 fully saturated rings. The number of methoxy groups -OCH3 is 1. The molecule has 1 aromatic rings. The third-order valence-corrected chi connectivity index (χ3v) is 2.17. The van der Waals surface area contributed by atoms with Gasteiger partial charge in [-0.15, -0.1) is 0 Å². The van der Waals surface area contributed by atoms with Gasteiger partial charge in [-0.1, -0.05) is 22.0 Å². The van der Waals surface area contributed by atoms with Gasteiger partial charge in [0.05, 0.1) is 13.7 Å². The average molecular weight is 217 g/mol. The van der Waals surface area contributed by atoms with Gasteiger partial charge in [-0.25, -0.2) is 0 Å². The average Bonchev–Trinajstić information content (AvgIpc) is 2.04. The predicted octanol–water partition coefficient (Wildman–Crippen LogP) is 1.95. The molecule has 11 heavy (non-hydrogen) atoms. The summed E-state index contributed by atoms with van der Waals surface area (Å²) in [6, 6.07) is 5.46. The van der Waals surface area contributed by atoms with Crippen molar-refractivity contribution in [2.24, 2.45) is 0 Å². The van der Waals surface area contributed by atoms with Gasteiger partial charge in [0, 0.05) is 4.47 Å². The van der Waals surface area contributed by atoms with Crippen molar-refractivity contribution in [3.63, 3.8) is 0 Å². The summed E-state index contributed by atoms with van der Waals surface area (Å²) in [5.74, 6) is 0.786. The molecule has 0 aliphatic heterocycles. The second-order valence-electron chi connectivity index (χ2n) is 2.12. The molecule has 0 atom stereocenters. The van der Waals surface area contributed by atoms with E-state index in [0.717, 1.165) is 15.8 Å². The molecule has 0 spiro atoms. The van der Waals surface area contributed by atoms with Gasteiger partial charge in [0.15, 0.2) is 0 Å². The van der Waals surface area contributed by atoms with Crippen LogP contribution in [0.3, 0.4) is 0 Å². The van der Waals surface area contributed by atoms with Crippen LogP contribution in [0.15, 0.2) is 22.7 Å². The van der Waals surface area contributed by atoms with Crippen LogP contribution in [0, 0.1) is 0 Å². The van der Waals surface area contributed by atoms with Gasteiger partial charge in [-0.3, -0.25) is 0 Å². The Kier molecular flexibility index (Phi) is 2.91. The van der Waals surface area contributed by atoms with E-state index in [4.69, 9.17) is 9.84 Å². The van der Waals surface area contributed by atoms with Crippen LogP contribution < -0.4 is 4.74 Å². The first-order valence-electron chi connectivity index (χ1n) is 3.21. The number of ether oxygens (including phenoxy) is 1. The van der Waals surface area contributed by atoms with Crippen molar-refractivity contribution in [1.82, 2.24) is 0 Å². The third-order valence-electron chi connectivity index (χ3n) is 1.43. The molecule has 0 saturated carbocycles. The van der Waals surface area contributed by atoms with Crippen molar-refractivity contribution in [3.8, 4) is 5.75 Å². The Labute approximate surface area is 73.9 Å². The maximum absolute atomic E-state index is 8.81. The van der Waals surface area contributed by atoms with E-state index in [1.54, 1.807) is 7.11 Å². The van der Waals surface area contributed by atoms with Crippen LogP contribution in [0.4, 0.5) is 0 Å². The van der Waals surface area contributed by atoms with E-state index in [0.29, 0.717) is 0 Å². The lowest BCUT2D eigenvalue weighted by atomic mass is 10.2. The Morgan fingerprint density at radius 3 is 2.73 bits per heavy atom. The molecular formula is C8H9BrO2. The van der Waals surface area contributed by atoms with Crippen LogP contribution in [0.25, 0.3) is 0 Å². The first kappa shape index (κ1) is 8.56. The zero-order chi connectivity index (χ0) is 8.27. The van der Waals surface area contributed by atoms with E-state index >= 15 is 0 Å². The molecule has 1 aromatic carbocycles. The number of rotatable bonds is 2. The van der Waals surface area contributed by atoms with E-state index in [-0.39, 0.29) is 6.61 Å². The predicted molar refractivity (Wildman–Crippen MR) is 46.6 cm³/mol. The zero-order valence-corrected chi connectivity index (χ0v) is 7.76. The van der Waals surface area contributed by atoms with Crippen molar-refractivity contribution >= 4 is 15.9 Å². The van der Waals surface area contributed by atoms with Crippen LogP contribution in [0.2, 0.25) is 0 Å². The molecule has 3 heteroatoms. The highest BCUT2D eigenvalue weighted by molar-refractivity contribution is 9.10. The van der Waals surface area contributed by atoms with E-state index in [9.17, 15) is 0 Å². The Morgan fingerprint density at radius 2 is 2.27 bits per heavy atom. The molecule has 0 amide bonds. The quantitative estimate of drug-likeness (QED) is 0.820. The minimum absolute atomic E-state index is 0.0462. The summed E-state index contributed by atoms with van der Waals surface area (Å²) in [5, 5.41) is 8.81. The Hall–Kier alpha value is -0.540. The van der Waals surface area contributed by atoms with E-state index in [1.807, 2.05) is 18.2 Å². The summed E-state index contributed by atoms with van der Waals surface area (Å²) < 4.78 is 5.86. The second-order valence-corrected chi connectivity index (χ2v) is 2.97. The standard InChI is InChI=1S/C8H9BrO2/c1-11-7-3-2-6(5-10)8(9)4-7/h2-4,10H,5H2,1H3. The van der Waals surface area contributed by atoms with Crippen LogP contribution in [0.1, 0.15) is 5.56 Å². The molecule has 0 radical (unpaired) electrons. The molecule has 0 saturated heterocycles. The van der Waals surface area contributed by atoms with E-state index < -0.39 is 0 Å². The first-order valence-corrected chi connectivity index (χ1v) is 4.00. The molecular weight excluding hydrogens is 208 g/mol. The number of aliphatic hydroxyl groups is 1. The third kappa shape index (κ3) is 1.94. The fourth-order valence-corrected chi connectivity index (χ4v) is 1.27. The van der Waals surface area contributed by atoms with Gasteiger partial charge < -0.3 is 9.84 Å². The molecule has 0 aromatic heterocycles.